The van der Waals surface area contributed by atoms with Gasteiger partial charge < -0.3 is 19.7 Å². The Labute approximate surface area is 189 Å². The Bertz CT molecular complexity index is 1090. The van der Waals surface area contributed by atoms with Crippen LogP contribution in [0.25, 0.3) is 11.4 Å². The van der Waals surface area contributed by atoms with Crippen LogP contribution in [0.5, 0.6) is 0 Å². The molecule has 1 aliphatic rings. The van der Waals surface area contributed by atoms with Crippen LogP contribution in [0, 0.1) is 6.92 Å². The molecule has 1 aliphatic heterocycles. The molecule has 0 radical (unpaired) electrons. The number of anilines is 2. The number of rotatable bonds is 6. The number of imidazole rings is 1. The highest BCUT2D eigenvalue weighted by Crippen LogP contribution is 2.24. The lowest BCUT2D eigenvalue weighted by atomic mass is 10.2. The van der Waals surface area contributed by atoms with Gasteiger partial charge in [-0.3, -0.25) is 4.79 Å². The molecule has 8 nitrogen and oxygen atoms in total. The Hall–Kier alpha value is -3.26. The summed E-state index contributed by atoms with van der Waals surface area (Å²) in [5.74, 6) is 1.54. The number of likely N-dealkylation sites (tertiary alicyclic amines) is 1. The third-order valence-electron chi connectivity index (χ3n) is 5.99. The second kappa shape index (κ2) is 9.08. The number of aromatic nitrogens is 4. The van der Waals surface area contributed by atoms with Crippen molar-refractivity contribution in [2.45, 2.75) is 39.3 Å². The second-order valence-electron chi connectivity index (χ2n) is 8.78. The first-order valence-corrected chi connectivity index (χ1v) is 11.0. The normalized spacial score (nSPS) is 16.2. The summed E-state index contributed by atoms with van der Waals surface area (Å²) in [5.41, 5.74) is 3.30. The molecule has 1 fully saturated rings. The van der Waals surface area contributed by atoms with Gasteiger partial charge in [-0.05, 0) is 71.6 Å². The van der Waals surface area contributed by atoms with E-state index >= 15 is 0 Å². The van der Waals surface area contributed by atoms with Crippen LogP contribution in [0.4, 0.5) is 11.6 Å². The third-order valence-corrected chi connectivity index (χ3v) is 5.99. The number of benzene rings is 1. The minimum absolute atomic E-state index is 0.0801. The highest BCUT2D eigenvalue weighted by Gasteiger charge is 2.28. The van der Waals surface area contributed by atoms with Crippen molar-refractivity contribution < 1.29 is 4.79 Å². The molecule has 0 unspecified atom stereocenters. The minimum atomic E-state index is 0.0801. The van der Waals surface area contributed by atoms with Crippen LogP contribution in [0.2, 0.25) is 0 Å². The van der Waals surface area contributed by atoms with Crippen LogP contribution < -0.4 is 5.32 Å². The zero-order valence-electron chi connectivity index (χ0n) is 19.4. The molecule has 1 saturated heterocycles. The molecule has 0 aliphatic carbocycles. The van der Waals surface area contributed by atoms with Gasteiger partial charge in [0.1, 0.15) is 5.82 Å². The predicted octanol–water partition coefficient (Wildman–Crippen LogP) is 3.75. The van der Waals surface area contributed by atoms with Crippen molar-refractivity contribution in [3.63, 3.8) is 0 Å². The first-order chi connectivity index (χ1) is 15.3. The molecule has 1 aromatic carbocycles. The van der Waals surface area contributed by atoms with Gasteiger partial charge in [-0.25, -0.2) is 15.0 Å². The molecule has 168 valence electrons. The van der Waals surface area contributed by atoms with Crippen LogP contribution in [0.1, 0.15) is 42.5 Å². The first-order valence-electron chi connectivity index (χ1n) is 11.0. The topological polar surface area (TPSA) is 79.2 Å². The summed E-state index contributed by atoms with van der Waals surface area (Å²) in [6, 6.07) is 10.1. The van der Waals surface area contributed by atoms with Crippen LogP contribution >= 0.6 is 0 Å². The van der Waals surface area contributed by atoms with Crippen LogP contribution in [-0.2, 0) is 0 Å². The first kappa shape index (κ1) is 22.0. The van der Waals surface area contributed by atoms with Gasteiger partial charge in [0.05, 0.1) is 17.6 Å². The molecule has 4 rings (SSSR count). The van der Waals surface area contributed by atoms with Crippen molar-refractivity contribution >= 4 is 17.5 Å². The van der Waals surface area contributed by atoms with E-state index in [-0.39, 0.29) is 11.9 Å². The Balaban J connectivity index is 1.47. The summed E-state index contributed by atoms with van der Waals surface area (Å²) in [6.45, 7) is 7.83. The maximum absolute atomic E-state index is 12.8. The van der Waals surface area contributed by atoms with Gasteiger partial charge in [-0.15, -0.1) is 0 Å². The average molecular weight is 434 g/mol. The van der Waals surface area contributed by atoms with E-state index in [1.165, 1.54) is 0 Å². The monoisotopic (exact) mass is 433 g/mol. The Morgan fingerprint density at radius 2 is 1.91 bits per heavy atom. The fourth-order valence-electron chi connectivity index (χ4n) is 4.21. The van der Waals surface area contributed by atoms with E-state index in [1.54, 1.807) is 6.20 Å². The van der Waals surface area contributed by atoms with Crippen molar-refractivity contribution in [1.82, 2.24) is 29.3 Å². The molecule has 3 aromatic rings. The van der Waals surface area contributed by atoms with Crippen molar-refractivity contribution in [2.75, 3.05) is 32.5 Å². The summed E-state index contributed by atoms with van der Waals surface area (Å²) < 4.78 is 2.16. The van der Waals surface area contributed by atoms with Crippen LogP contribution in [0.3, 0.4) is 0 Å². The number of carbonyl (C=O) groups excluding carboxylic acids is 1. The minimum Gasteiger partial charge on any atom is -0.337 e. The largest absolute Gasteiger partial charge is 0.337 e. The summed E-state index contributed by atoms with van der Waals surface area (Å²) in [6.07, 6.45) is 4.60. The van der Waals surface area contributed by atoms with E-state index in [0.717, 1.165) is 42.4 Å². The van der Waals surface area contributed by atoms with Gasteiger partial charge >= 0.3 is 0 Å². The lowest BCUT2D eigenvalue weighted by Crippen LogP contribution is -2.34. The SMILES string of the molecule is Cc1ncc(-c2ccnc(Nc3ccc(C(=O)N4CC[C@H](N(C)C)C4)cc3)n2)n1C(C)C. The smallest absolute Gasteiger partial charge is 0.253 e. The summed E-state index contributed by atoms with van der Waals surface area (Å²) >= 11 is 0. The molecule has 1 amide bonds. The molecule has 0 spiro atoms. The molecule has 0 bridgehead atoms. The molecular formula is C24H31N7O. The van der Waals surface area contributed by atoms with Gasteiger partial charge in [0.2, 0.25) is 5.95 Å². The molecule has 1 atom stereocenters. The van der Waals surface area contributed by atoms with Gasteiger partial charge in [0.15, 0.2) is 0 Å². The van der Waals surface area contributed by atoms with Crippen LogP contribution in [-0.4, -0.2) is 68.5 Å². The molecule has 1 N–H and O–H groups in total. The Morgan fingerprint density at radius 1 is 1.16 bits per heavy atom. The third kappa shape index (κ3) is 4.50. The quantitative estimate of drug-likeness (QED) is 0.638. The number of carbonyl (C=O) groups is 1. The van der Waals surface area contributed by atoms with Crippen molar-refractivity contribution in [1.29, 1.82) is 0 Å². The number of aryl methyl sites for hydroxylation is 1. The molecule has 2 aromatic heterocycles. The summed E-state index contributed by atoms with van der Waals surface area (Å²) in [7, 11) is 4.13. The highest BCUT2D eigenvalue weighted by molar-refractivity contribution is 5.94. The fraction of sp³-hybridized carbons (Fsp3) is 0.417. The summed E-state index contributed by atoms with van der Waals surface area (Å²) in [5, 5.41) is 3.24. The second-order valence-corrected chi connectivity index (χ2v) is 8.78. The van der Waals surface area contributed by atoms with Crippen LogP contribution in [0.15, 0.2) is 42.7 Å². The Kier molecular flexibility index (Phi) is 6.23. The standard InChI is InChI=1S/C24H31N7O/c1-16(2)31-17(3)26-14-22(31)21-10-12-25-24(28-21)27-19-8-6-18(7-9-19)23(32)30-13-11-20(15-30)29(4)5/h6-10,12,14,16,20H,11,13,15H2,1-5H3,(H,25,27,28)/t20-/m0/s1. The summed E-state index contributed by atoms with van der Waals surface area (Å²) in [4.78, 5) is 30.4. The van der Waals surface area contributed by atoms with Gasteiger partial charge in [-0.1, -0.05) is 0 Å². The lowest BCUT2D eigenvalue weighted by Gasteiger charge is -2.20. The van der Waals surface area contributed by atoms with Crippen molar-refractivity contribution in [2.24, 2.45) is 0 Å². The van der Waals surface area contributed by atoms with E-state index in [2.05, 4.69) is 57.7 Å². The zero-order chi connectivity index (χ0) is 22.8. The van der Waals surface area contributed by atoms with Crippen molar-refractivity contribution in [3.8, 4) is 11.4 Å². The molecule has 3 heterocycles. The van der Waals surface area contributed by atoms with E-state index in [9.17, 15) is 4.79 Å². The molecule has 32 heavy (non-hydrogen) atoms. The number of hydrogen-bond acceptors (Lipinski definition) is 6. The van der Waals surface area contributed by atoms with E-state index in [1.807, 2.05) is 48.4 Å². The maximum Gasteiger partial charge on any atom is 0.253 e. The number of nitrogens with one attached hydrogen (secondary N) is 1. The van der Waals surface area contributed by atoms with Gasteiger partial charge in [0.25, 0.3) is 5.91 Å². The molecular weight excluding hydrogens is 402 g/mol. The van der Waals surface area contributed by atoms with E-state index < -0.39 is 0 Å². The predicted molar refractivity (Wildman–Crippen MR) is 126 cm³/mol. The molecule has 8 heteroatoms. The highest BCUT2D eigenvalue weighted by atomic mass is 16.2. The number of nitrogens with zero attached hydrogens (tertiary/aromatic N) is 6. The average Bonchev–Trinajstić information content (AvgIpc) is 3.41. The number of hydrogen-bond donors (Lipinski definition) is 1. The van der Waals surface area contributed by atoms with E-state index in [4.69, 9.17) is 0 Å². The molecule has 0 saturated carbocycles. The maximum atomic E-state index is 12.8. The number of likely N-dealkylation sites (N-methyl/N-ethyl adjacent to an activating group) is 1. The van der Waals surface area contributed by atoms with Gasteiger partial charge in [0, 0.05) is 42.6 Å². The van der Waals surface area contributed by atoms with E-state index in [0.29, 0.717) is 17.6 Å². The van der Waals surface area contributed by atoms with Gasteiger partial charge in [-0.2, -0.15) is 0 Å². The zero-order valence-corrected chi connectivity index (χ0v) is 19.4. The lowest BCUT2D eigenvalue weighted by molar-refractivity contribution is 0.0783. The number of amides is 1. The van der Waals surface area contributed by atoms with Crippen molar-refractivity contribution in [3.05, 3.63) is 54.1 Å². The fourth-order valence-corrected chi connectivity index (χ4v) is 4.21. The Morgan fingerprint density at radius 3 is 2.56 bits per heavy atom.